The number of hydrogen-bond donors (Lipinski definition) is 1. The van der Waals surface area contributed by atoms with Gasteiger partial charge in [-0.2, -0.15) is 0 Å². The summed E-state index contributed by atoms with van der Waals surface area (Å²) in [6, 6.07) is 7.69. The van der Waals surface area contributed by atoms with Crippen LogP contribution in [-0.2, 0) is 5.75 Å². The molecular formula is C12H9FN2O2S. The van der Waals surface area contributed by atoms with Gasteiger partial charge < -0.3 is 5.11 Å². The molecule has 1 heterocycles. The molecule has 1 aromatic carbocycles. The number of carbonyl (C=O) groups is 1. The van der Waals surface area contributed by atoms with Gasteiger partial charge >= 0.3 is 5.97 Å². The second-order valence-corrected chi connectivity index (χ2v) is 4.40. The van der Waals surface area contributed by atoms with E-state index in [2.05, 4.69) is 9.97 Å². The summed E-state index contributed by atoms with van der Waals surface area (Å²) in [6.45, 7) is 0. The maximum absolute atomic E-state index is 13.3. The first-order chi connectivity index (χ1) is 8.66. The van der Waals surface area contributed by atoms with Crippen LogP contribution >= 0.6 is 11.8 Å². The lowest BCUT2D eigenvalue weighted by Crippen LogP contribution is -2.03. The first kappa shape index (κ1) is 12.5. The number of thioether (sulfide) groups is 1. The molecule has 1 N–H and O–H groups in total. The average molecular weight is 264 g/mol. The second kappa shape index (κ2) is 5.59. The molecule has 1 aromatic heterocycles. The van der Waals surface area contributed by atoms with Crippen molar-refractivity contribution in [2.24, 2.45) is 0 Å². The van der Waals surface area contributed by atoms with Crippen LogP contribution < -0.4 is 0 Å². The molecule has 4 nitrogen and oxygen atoms in total. The van der Waals surface area contributed by atoms with Crippen molar-refractivity contribution in [1.29, 1.82) is 0 Å². The molecule has 0 fully saturated rings. The fourth-order valence-electron chi connectivity index (χ4n) is 1.29. The molecular weight excluding hydrogens is 255 g/mol. The Balaban J connectivity index is 2.09. The molecule has 2 aromatic rings. The van der Waals surface area contributed by atoms with Crippen molar-refractivity contribution < 1.29 is 14.3 Å². The molecule has 0 radical (unpaired) electrons. The molecule has 0 unspecified atom stereocenters. The Morgan fingerprint density at radius 1 is 1.33 bits per heavy atom. The van der Waals surface area contributed by atoms with E-state index in [0.717, 1.165) is 0 Å². The van der Waals surface area contributed by atoms with Crippen molar-refractivity contribution in [2.45, 2.75) is 10.6 Å². The van der Waals surface area contributed by atoms with E-state index < -0.39 is 5.97 Å². The highest BCUT2D eigenvalue weighted by Crippen LogP contribution is 2.23. The zero-order valence-electron chi connectivity index (χ0n) is 9.21. The molecule has 0 aliphatic heterocycles. The van der Waals surface area contributed by atoms with E-state index in [1.807, 2.05) is 0 Å². The van der Waals surface area contributed by atoms with Gasteiger partial charge in [0.25, 0.3) is 0 Å². The first-order valence-corrected chi connectivity index (χ1v) is 6.08. The van der Waals surface area contributed by atoms with Crippen LogP contribution in [0.5, 0.6) is 0 Å². The third-order valence-electron chi connectivity index (χ3n) is 2.12. The molecule has 0 spiro atoms. The fourth-order valence-corrected chi connectivity index (χ4v) is 2.10. The summed E-state index contributed by atoms with van der Waals surface area (Å²) in [5.41, 5.74) is -0.0610. The van der Waals surface area contributed by atoms with Crippen LogP contribution in [0, 0.1) is 5.82 Å². The van der Waals surface area contributed by atoms with Crippen LogP contribution in [0.2, 0.25) is 0 Å². The monoisotopic (exact) mass is 264 g/mol. The third kappa shape index (κ3) is 3.04. The SMILES string of the molecule is O=C(O)c1ccnc(CSc2ccccc2F)n1. The Morgan fingerprint density at radius 3 is 2.83 bits per heavy atom. The molecule has 2 rings (SSSR count). The van der Waals surface area contributed by atoms with Crippen molar-refractivity contribution in [2.75, 3.05) is 0 Å². The lowest BCUT2D eigenvalue weighted by Gasteiger charge is -2.02. The predicted molar refractivity (Wildman–Crippen MR) is 65.0 cm³/mol. The Kier molecular flexibility index (Phi) is 3.88. The molecule has 0 saturated carbocycles. The lowest BCUT2D eigenvalue weighted by atomic mass is 10.3. The zero-order valence-corrected chi connectivity index (χ0v) is 10.0. The smallest absolute Gasteiger partial charge is 0.354 e. The van der Waals surface area contributed by atoms with Gasteiger partial charge in [0.1, 0.15) is 11.6 Å². The van der Waals surface area contributed by atoms with Gasteiger partial charge in [-0.15, -0.1) is 11.8 Å². The van der Waals surface area contributed by atoms with Crippen LogP contribution in [0.25, 0.3) is 0 Å². The van der Waals surface area contributed by atoms with Gasteiger partial charge in [-0.1, -0.05) is 12.1 Å². The highest BCUT2D eigenvalue weighted by atomic mass is 32.2. The molecule has 0 saturated heterocycles. The molecule has 0 atom stereocenters. The van der Waals surface area contributed by atoms with Gasteiger partial charge in [0, 0.05) is 11.1 Å². The summed E-state index contributed by atoms with van der Waals surface area (Å²) in [6.07, 6.45) is 1.38. The number of carboxylic acids is 1. The molecule has 18 heavy (non-hydrogen) atoms. The van der Waals surface area contributed by atoms with Crippen LogP contribution in [-0.4, -0.2) is 21.0 Å². The Bertz CT molecular complexity index is 578. The van der Waals surface area contributed by atoms with E-state index in [9.17, 15) is 9.18 Å². The maximum Gasteiger partial charge on any atom is 0.354 e. The normalized spacial score (nSPS) is 10.3. The Hall–Kier alpha value is -1.95. The summed E-state index contributed by atoms with van der Waals surface area (Å²) in [7, 11) is 0. The molecule has 0 aliphatic rings. The number of rotatable bonds is 4. The van der Waals surface area contributed by atoms with Crippen molar-refractivity contribution in [3.63, 3.8) is 0 Å². The van der Waals surface area contributed by atoms with Crippen molar-refractivity contribution >= 4 is 17.7 Å². The van der Waals surface area contributed by atoms with E-state index in [1.54, 1.807) is 18.2 Å². The van der Waals surface area contributed by atoms with Gasteiger partial charge in [0.15, 0.2) is 5.69 Å². The van der Waals surface area contributed by atoms with Crippen LogP contribution in [0.1, 0.15) is 16.3 Å². The average Bonchev–Trinajstić information content (AvgIpc) is 2.38. The number of benzene rings is 1. The van der Waals surface area contributed by atoms with Gasteiger partial charge in [0.05, 0.1) is 5.75 Å². The number of hydrogen-bond acceptors (Lipinski definition) is 4. The van der Waals surface area contributed by atoms with Gasteiger partial charge in [-0.3, -0.25) is 0 Å². The Labute approximate surface area is 107 Å². The fraction of sp³-hybridized carbons (Fsp3) is 0.0833. The van der Waals surface area contributed by atoms with Gasteiger partial charge in [-0.05, 0) is 18.2 Å². The second-order valence-electron chi connectivity index (χ2n) is 3.38. The van der Waals surface area contributed by atoms with Crippen molar-refractivity contribution in [3.05, 3.63) is 53.9 Å². The minimum absolute atomic E-state index is 0.0610. The molecule has 6 heteroatoms. The molecule has 0 amide bonds. The third-order valence-corrected chi connectivity index (χ3v) is 3.16. The maximum atomic E-state index is 13.3. The summed E-state index contributed by atoms with van der Waals surface area (Å²) in [5, 5.41) is 8.78. The first-order valence-electron chi connectivity index (χ1n) is 5.09. The number of aromatic carboxylic acids is 1. The number of nitrogens with zero attached hydrogens (tertiary/aromatic N) is 2. The number of carboxylic acid groups (broad SMARTS) is 1. The highest BCUT2D eigenvalue weighted by Gasteiger charge is 2.07. The van der Waals surface area contributed by atoms with Gasteiger partial charge in [-0.25, -0.2) is 19.2 Å². The zero-order chi connectivity index (χ0) is 13.0. The lowest BCUT2D eigenvalue weighted by molar-refractivity contribution is 0.0690. The minimum atomic E-state index is -1.10. The van der Waals surface area contributed by atoms with Crippen LogP contribution in [0.4, 0.5) is 4.39 Å². The Morgan fingerprint density at radius 2 is 2.11 bits per heavy atom. The predicted octanol–water partition coefficient (Wildman–Crippen LogP) is 2.61. The minimum Gasteiger partial charge on any atom is -0.477 e. The van der Waals surface area contributed by atoms with E-state index in [4.69, 9.17) is 5.11 Å². The molecule has 0 aliphatic carbocycles. The summed E-state index contributed by atoms with van der Waals surface area (Å²) < 4.78 is 13.3. The summed E-state index contributed by atoms with van der Waals surface area (Å²) in [4.78, 5) is 19.0. The highest BCUT2D eigenvalue weighted by molar-refractivity contribution is 7.98. The number of halogens is 1. The van der Waals surface area contributed by atoms with E-state index in [-0.39, 0.29) is 11.5 Å². The summed E-state index contributed by atoms with van der Waals surface area (Å²) in [5.74, 6) is -0.725. The van der Waals surface area contributed by atoms with E-state index >= 15 is 0 Å². The van der Waals surface area contributed by atoms with E-state index in [0.29, 0.717) is 16.5 Å². The quantitative estimate of drug-likeness (QED) is 0.860. The van der Waals surface area contributed by atoms with Crippen molar-refractivity contribution in [3.8, 4) is 0 Å². The molecule has 92 valence electrons. The topological polar surface area (TPSA) is 63.1 Å². The van der Waals surface area contributed by atoms with Crippen LogP contribution in [0.15, 0.2) is 41.4 Å². The van der Waals surface area contributed by atoms with Crippen molar-refractivity contribution in [1.82, 2.24) is 9.97 Å². The van der Waals surface area contributed by atoms with E-state index in [1.165, 1.54) is 30.1 Å². The van der Waals surface area contributed by atoms with Crippen LogP contribution in [0.3, 0.4) is 0 Å². The largest absolute Gasteiger partial charge is 0.477 e. The number of aromatic nitrogens is 2. The van der Waals surface area contributed by atoms with Gasteiger partial charge in [0.2, 0.25) is 0 Å². The molecule has 0 bridgehead atoms. The standard InChI is InChI=1S/C12H9FN2O2S/c13-8-3-1-2-4-10(8)18-7-11-14-6-5-9(15-11)12(16)17/h1-6H,7H2,(H,16,17). The summed E-state index contributed by atoms with van der Waals surface area (Å²) >= 11 is 1.23.